The summed E-state index contributed by atoms with van der Waals surface area (Å²) in [5, 5.41) is 9.51. The van der Waals surface area contributed by atoms with E-state index in [2.05, 4.69) is 20.5 Å². The molecular formula is C11H19N5O. The maximum Gasteiger partial charge on any atom is 0.291 e. The zero-order valence-corrected chi connectivity index (χ0v) is 10.1. The van der Waals surface area contributed by atoms with Crippen LogP contribution in [0.3, 0.4) is 0 Å². The molecule has 1 unspecified atom stereocenters. The van der Waals surface area contributed by atoms with Gasteiger partial charge in [-0.3, -0.25) is 9.89 Å². The number of amides is 1. The number of rotatable bonds is 4. The standard InChI is InChI=1S/C11H19N5O/c1-12-6-5-9-4-2-3-7-16(9)11(17)10-13-8-14-15-10/h8-9,12H,2-7H2,1H3,(H,13,14,15). The van der Waals surface area contributed by atoms with E-state index in [1.165, 1.54) is 12.7 Å². The Hall–Kier alpha value is -1.43. The molecule has 2 N–H and O–H groups in total. The van der Waals surface area contributed by atoms with E-state index in [-0.39, 0.29) is 5.91 Å². The first kappa shape index (κ1) is 12.0. The van der Waals surface area contributed by atoms with Crippen molar-refractivity contribution in [1.29, 1.82) is 0 Å². The first-order chi connectivity index (χ1) is 8.33. The number of piperidine rings is 1. The van der Waals surface area contributed by atoms with Crippen LogP contribution in [0.15, 0.2) is 6.33 Å². The van der Waals surface area contributed by atoms with Gasteiger partial charge in [0, 0.05) is 12.6 Å². The van der Waals surface area contributed by atoms with Gasteiger partial charge in [0.2, 0.25) is 5.82 Å². The van der Waals surface area contributed by atoms with E-state index in [0.717, 1.165) is 32.4 Å². The number of H-pyrrole nitrogens is 1. The molecule has 6 nitrogen and oxygen atoms in total. The minimum atomic E-state index is -0.0247. The normalized spacial score (nSPS) is 20.5. The van der Waals surface area contributed by atoms with Gasteiger partial charge in [-0.2, -0.15) is 5.10 Å². The highest BCUT2D eigenvalue weighted by Crippen LogP contribution is 2.20. The fourth-order valence-electron chi connectivity index (χ4n) is 2.32. The molecule has 0 spiro atoms. The second kappa shape index (κ2) is 5.77. The highest BCUT2D eigenvalue weighted by Gasteiger charge is 2.28. The van der Waals surface area contributed by atoms with Crippen LogP contribution < -0.4 is 5.32 Å². The molecule has 1 amide bonds. The third-order valence-electron chi connectivity index (χ3n) is 3.23. The maximum atomic E-state index is 12.2. The fraction of sp³-hybridized carbons (Fsp3) is 0.727. The van der Waals surface area contributed by atoms with Crippen molar-refractivity contribution >= 4 is 5.91 Å². The van der Waals surface area contributed by atoms with Gasteiger partial charge in [-0.15, -0.1) is 0 Å². The number of likely N-dealkylation sites (tertiary alicyclic amines) is 1. The van der Waals surface area contributed by atoms with E-state index in [0.29, 0.717) is 11.9 Å². The number of aromatic nitrogens is 3. The summed E-state index contributed by atoms with van der Waals surface area (Å²) in [6.45, 7) is 1.76. The van der Waals surface area contributed by atoms with Crippen molar-refractivity contribution in [2.45, 2.75) is 31.7 Å². The Labute approximate surface area is 101 Å². The van der Waals surface area contributed by atoms with Gasteiger partial charge in [-0.05, 0) is 39.3 Å². The third-order valence-corrected chi connectivity index (χ3v) is 3.23. The van der Waals surface area contributed by atoms with Crippen LogP contribution in [-0.4, -0.2) is 52.2 Å². The lowest BCUT2D eigenvalue weighted by Gasteiger charge is -2.35. The molecule has 17 heavy (non-hydrogen) atoms. The van der Waals surface area contributed by atoms with Gasteiger partial charge in [0.05, 0.1) is 0 Å². The maximum absolute atomic E-state index is 12.2. The second-order valence-electron chi connectivity index (χ2n) is 4.37. The van der Waals surface area contributed by atoms with Gasteiger partial charge in [0.25, 0.3) is 5.91 Å². The summed E-state index contributed by atoms with van der Waals surface area (Å²) in [7, 11) is 1.94. The average Bonchev–Trinajstić information content (AvgIpc) is 2.89. The summed E-state index contributed by atoms with van der Waals surface area (Å²) in [6.07, 6.45) is 5.74. The van der Waals surface area contributed by atoms with Crippen molar-refractivity contribution in [3.63, 3.8) is 0 Å². The Morgan fingerprint density at radius 2 is 2.53 bits per heavy atom. The minimum absolute atomic E-state index is 0.0247. The number of aromatic amines is 1. The van der Waals surface area contributed by atoms with Crippen molar-refractivity contribution in [1.82, 2.24) is 25.4 Å². The molecule has 0 saturated carbocycles. The highest BCUT2D eigenvalue weighted by molar-refractivity contribution is 5.90. The molecule has 1 atom stereocenters. The second-order valence-corrected chi connectivity index (χ2v) is 4.37. The molecule has 2 heterocycles. The molecular weight excluding hydrogens is 218 g/mol. The SMILES string of the molecule is CNCCC1CCCCN1C(=O)c1ncn[nH]1. The Morgan fingerprint density at radius 1 is 1.65 bits per heavy atom. The van der Waals surface area contributed by atoms with E-state index in [1.54, 1.807) is 0 Å². The van der Waals surface area contributed by atoms with Crippen molar-refractivity contribution in [3.8, 4) is 0 Å². The zero-order chi connectivity index (χ0) is 12.1. The van der Waals surface area contributed by atoms with Crippen molar-refractivity contribution < 1.29 is 4.79 Å². The monoisotopic (exact) mass is 237 g/mol. The number of nitrogens with one attached hydrogen (secondary N) is 2. The number of carbonyl (C=O) groups is 1. The van der Waals surface area contributed by atoms with E-state index < -0.39 is 0 Å². The summed E-state index contributed by atoms with van der Waals surface area (Å²) < 4.78 is 0. The quantitative estimate of drug-likeness (QED) is 0.795. The van der Waals surface area contributed by atoms with Gasteiger partial charge >= 0.3 is 0 Å². The third kappa shape index (κ3) is 2.82. The zero-order valence-electron chi connectivity index (χ0n) is 10.1. The van der Waals surface area contributed by atoms with E-state index in [4.69, 9.17) is 0 Å². The molecule has 1 fully saturated rings. The summed E-state index contributed by atoms with van der Waals surface area (Å²) in [5.41, 5.74) is 0. The van der Waals surface area contributed by atoms with Gasteiger partial charge in [-0.1, -0.05) is 0 Å². The molecule has 0 bridgehead atoms. The summed E-state index contributed by atoms with van der Waals surface area (Å²) in [4.78, 5) is 18.1. The average molecular weight is 237 g/mol. The summed E-state index contributed by atoms with van der Waals surface area (Å²) in [5.74, 6) is 0.324. The van der Waals surface area contributed by atoms with Gasteiger partial charge in [0.1, 0.15) is 6.33 Å². The van der Waals surface area contributed by atoms with Crippen molar-refractivity contribution in [2.75, 3.05) is 20.1 Å². The van der Waals surface area contributed by atoms with Crippen LogP contribution >= 0.6 is 0 Å². The van der Waals surface area contributed by atoms with Gasteiger partial charge < -0.3 is 10.2 Å². The van der Waals surface area contributed by atoms with Crippen LogP contribution in [0.5, 0.6) is 0 Å². The first-order valence-electron chi connectivity index (χ1n) is 6.14. The van der Waals surface area contributed by atoms with E-state index >= 15 is 0 Å². The molecule has 6 heteroatoms. The molecule has 1 aliphatic rings. The molecule has 0 radical (unpaired) electrons. The Bertz CT molecular complexity index is 351. The molecule has 1 saturated heterocycles. The van der Waals surface area contributed by atoms with E-state index in [9.17, 15) is 4.79 Å². The molecule has 0 aromatic carbocycles. The molecule has 94 valence electrons. The van der Waals surface area contributed by atoms with Crippen LogP contribution in [0.2, 0.25) is 0 Å². The Morgan fingerprint density at radius 3 is 3.24 bits per heavy atom. The number of hydrogen-bond donors (Lipinski definition) is 2. The topological polar surface area (TPSA) is 73.9 Å². The van der Waals surface area contributed by atoms with Gasteiger partial charge in [-0.25, -0.2) is 4.98 Å². The largest absolute Gasteiger partial charge is 0.333 e. The van der Waals surface area contributed by atoms with Crippen molar-refractivity contribution in [3.05, 3.63) is 12.2 Å². The Balaban J connectivity index is 2.03. The predicted molar refractivity (Wildman–Crippen MR) is 63.6 cm³/mol. The van der Waals surface area contributed by atoms with Gasteiger partial charge in [0.15, 0.2) is 0 Å². The predicted octanol–water partition coefficient (Wildman–Crippen LogP) is 0.409. The summed E-state index contributed by atoms with van der Waals surface area (Å²) >= 11 is 0. The number of nitrogens with zero attached hydrogens (tertiary/aromatic N) is 3. The molecule has 1 aromatic heterocycles. The first-order valence-corrected chi connectivity index (χ1v) is 6.14. The van der Waals surface area contributed by atoms with E-state index in [1.807, 2.05) is 11.9 Å². The van der Waals surface area contributed by atoms with Crippen molar-refractivity contribution in [2.24, 2.45) is 0 Å². The van der Waals surface area contributed by atoms with Crippen LogP contribution in [0.25, 0.3) is 0 Å². The van der Waals surface area contributed by atoms with Crippen LogP contribution in [0, 0.1) is 0 Å². The van der Waals surface area contributed by atoms with Crippen LogP contribution in [-0.2, 0) is 0 Å². The fourth-order valence-corrected chi connectivity index (χ4v) is 2.32. The minimum Gasteiger partial charge on any atom is -0.333 e. The van der Waals surface area contributed by atoms with Crippen LogP contribution in [0.1, 0.15) is 36.3 Å². The molecule has 2 rings (SSSR count). The smallest absolute Gasteiger partial charge is 0.291 e. The molecule has 0 aliphatic carbocycles. The summed E-state index contributed by atoms with van der Waals surface area (Å²) in [6, 6.07) is 0.328. The highest BCUT2D eigenvalue weighted by atomic mass is 16.2. The number of carbonyl (C=O) groups excluding carboxylic acids is 1. The lowest BCUT2D eigenvalue weighted by molar-refractivity contribution is 0.0590. The molecule has 1 aliphatic heterocycles. The lowest BCUT2D eigenvalue weighted by Crippen LogP contribution is -2.45. The Kier molecular flexibility index (Phi) is 4.08. The lowest BCUT2D eigenvalue weighted by atomic mass is 9.99. The molecule has 1 aromatic rings. The number of hydrogen-bond acceptors (Lipinski definition) is 4. The van der Waals surface area contributed by atoms with Crippen LogP contribution in [0.4, 0.5) is 0 Å².